The molecular weight excluding hydrogens is 288 g/mol. The zero-order valence-electron chi connectivity index (χ0n) is 14.1. The van der Waals surface area contributed by atoms with Crippen LogP contribution in [0.25, 0.3) is 0 Å². The zero-order valence-corrected chi connectivity index (χ0v) is 14.1. The zero-order chi connectivity index (χ0) is 16.4. The quantitative estimate of drug-likeness (QED) is 0.857. The van der Waals surface area contributed by atoms with Crippen LogP contribution in [0.2, 0.25) is 0 Å². The van der Waals surface area contributed by atoms with Gasteiger partial charge in [-0.05, 0) is 24.3 Å². The lowest BCUT2D eigenvalue weighted by atomic mass is 9.87. The third-order valence-corrected chi connectivity index (χ3v) is 4.92. The van der Waals surface area contributed by atoms with Gasteiger partial charge in [-0.3, -0.25) is 9.59 Å². The second-order valence-electron chi connectivity index (χ2n) is 7.06. The molecule has 1 aromatic rings. The van der Waals surface area contributed by atoms with E-state index in [2.05, 4.69) is 13.8 Å². The van der Waals surface area contributed by atoms with Gasteiger partial charge < -0.3 is 9.80 Å². The summed E-state index contributed by atoms with van der Waals surface area (Å²) in [5.74, 6) is 0.924. The van der Waals surface area contributed by atoms with Crippen LogP contribution in [0.3, 0.4) is 0 Å². The summed E-state index contributed by atoms with van der Waals surface area (Å²) in [6.45, 7) is 6.88. The second-order valence-corrected chi connectivity index (χ2v) is 7.06. The van der Waals surface area contributed by atoms with Crippen molar-refractivity contribution in [2.24, 2.45) is 11.8 Å². The standard InChI is InChI=1S/C19H26N2O2/c1-14(2)17(15-6-4-3-5-7-15)19(23)21-12-10-20(11-13-21)18(22)16-8-9-16/h3-7,14,16-17H,8-13H2,1-2H3. The first-order chi connectivity index (χ1) is 11.1. The highest BCUT2D eigenvalue weighted by molar-refractivity contribution is 5.85. The van der Waals surface area contributed by atoms with Crippen LogP contribution in [0, 0.1) is 11.8 Å². The third-order valence-electron chi connectivity index (χ3n) is 4.92. The molecule has 0 spiro atoms. The minimum absolute atomic E-state index is 0.0955. The molecule has 1 atom stereocenters. The number of nitrogens with zero attached hydrogens (tertiary/aromatic N) is 2. The van der Waals surface area contributed by atoms with E-state index in [-0.39, 0.29) is 23.7 Å². The highest BCUT2D eigenvalue weighted by atomic mass is 16.2. The second kappa shape index (κ2) is 6.73. The van der Waals surface area contributed by atoms with Crippen molar-refractivity contribution in [1.29, 1.82) is 0 Å². The molecular formula is C19H26N2O2. The first kappa shape index (κ1) is 16.0. The SMILES string of the molecule is CC(C)C(C(=O)N1CCN(C(=O)C2CC2)CC1)c1ccccc1. The molecule has 1 unspecified atom stereocenters. The lowest BCUT2D eigenvalue weighted by Gasteiger charge is -2.37. The molecule has 1 saturated heterocycles. The summed E-state index contributed by atoms with van der Waals surface area (Å²) < 4.78 is 0. The monoisotopic (exact) mass is 314 g/mol. The molecule has 4 heteroatoms. The first-order valence-corrected chi connectivity index (χ1v) is 8.70. The van der Waals surface area contributed by atoms with Crippen LogP contribution in [0.4, 0.5) is 0 Å². The average molecular weight is 314 g/mol. The van der Waals surface area contributed by atoms with E-state index in [9.17, 15) is 9.59 Å². The van der Waals surface area contributed by atoms with E-state index in [4.69, 9.17) is 0 Å². The molecule has 1 heterocycles. The average Bonchev–Trinajstić information content (AvgIpc) is 3.40. The van der Waals surface area contributed by atoms with Crippen LogP contribution in [-0.4, -0.2) is 47.8 Å². The van der Waals surface area contributed by atoms with E-state index in [0.29, 0.717) is 32.1 Å². The normalized spacial score (nSPS) is 19.8. The van der Waals surface area contributed by atoms with Crippen molar-refractivity contribution in [3.63, 3.8) is 0 Å². The number of rotatable bonds is 4. The van der Waals surface area contributed by atoms with Gasteiger partial charge in [0.05, 0.1) is 5.92 Å². The fourth-order valence-electron chi connectivity index (χ4n) is 3.41. The molecule has 1 aromatic carbocycles. The molecule has 23 heavy (non-hydrogen) atoms. The summed E-state index contributed by atoms with van der Waals surface area (Å²) >= 11 is 0. The molecule has 1 aliphatic carbocycles. The maximum Gasteiger partial charge on any atom is 0.230 e. The highest BCUT2D eigenvalue weighted by Crippen LogP contribution is 2.32. The molecule has 2 aliphatic rings. The Bertz CT molecular complexity index is 558. The Morgan fingerprint density at radius 2 is 1.52 bits per heavy atom. The van der Waals surface area contributed by atoms with Crippen molar-refractivity contribution in [2.45, 2.75) is 32.6 Å². The molecule has 124 valence electrons. The molecule has 0 radical (unpaired) electrons. The van der Waals surface area contributed by atoms with Crippen molar-refractivity contribution in [2.75, 3.05) is 26.2 Å². The topological polar surface area (TPSA) is 40.6 Å². The van der Waals surface area contributed by atoms with E-state index >= 15 is 0 Å². The molecule has 2 amide bonds. The molecule has 3 rings (SSSR count). The third kappa shape index (κ3) is 3.57. The van der Waals surface area contributed by atoms with Crippen LogP contribution in [0.1, 0.15) is 38.2 Å². The smallest absolute Gasteiger partial charge is 0.230 e. The first-order valence-electron chi connectivity index (χ1n) is 8.70. The van der Waals surface area contributed by atoms with E-state index in [0.717, 1.165) is 18.4 Å². The van der Waals surface area contributed by atoms with Gasteiger partial charge in [-0.1, -0.05) is 44.2 Å². The summed E-state index contributed by atoms with van der Waals surface area (Å²) in [5.41, 5.74) is 1.09. The number of carbonyl (C=O) groups is 2. The molecule has 0 aromatic heterocycles. The Morgan fingerprint density at radius 1 is 0.957 bits per heavy atom. The van der Waals surface area contributed by atoms with Crippen molar-refractivity contribution in [3.8, 4) is 0 Å². The minimum atomic E-state index is -0.0955. The van der Waals surface area contributed by atoms with Crippen LogP contribution in [0.5, 0.6) is 0 Å². The maximum absolute atomic E-state index is 13.0. The Kier molecular flexibility index (Phi) is 4.69. The van der Waals surface area contributed by atoms with Crippen LogP contribution >= 0.6 is 0 Å². The Labute approximate surface area is 138 Å². The van der Waals surface area contributed by atoms with Crippen molar-refractivity contribution in [3.05, 3.63) is 35.9 Å². The predicted octanol–water partition coefficient (Wildman–Crippen LogP) is 2.51. The van der Waals surface area contributed by atoms with Crippen molar-refractivity contribution >= 4 is 11.8 Å². The summed E-state index contributed by atoms with van der Waals surface area (Å²) in [6, 6.07) is 10.0. The van der Waals surface area contributed by atoms with E-state index in [1.54, 1.807) is 0 Å². The summed E-state index contributed by atoms with van der Waals surface area (Å²) in [7, 11) is 0. The minimum Gasteiger partial charge on any atom is -0.339 e. The van der Waals surface area contributed by atoms with Crippen molar-refractivity contribution < 1.29 is 9.59 Å². The number of hydrogen-bond donors (Lipinski definition) is 0. The van der Waals surface area contributed by atoms with Gasteiger partial charge in [0.25, 0.3) is 0 Å². The fourth-order valence-corrected chi connectivity index (χ4v) is 3.41. The van der Waals surface area contributed by atoms with Gasteiger partial charge in [0, 0.05) is 32.1 Å². The van der Waals surface area contributed by atoms with Gasteiger partial charge in [-0.15, -0.1) is 0 Å². The van der Waals surface area contributed by atoms with Gasteiger partial charge in [-0.25, -0.2) is 0 Å². The molecule has 0 N–H and O–H groups in total. The number of benzene rings is 1. The fraction of sp³-hybridized carbons (Fsp3) is 0.579. The molecule has 2 fully saturated rings. The van der Waals surface area contributed by atoms with Gasteiger partial charge in [0.1, 0.15) is 0 Å². The number of amides is 2. The van der Waals surface area contributed by atoms with E-state index < -0.39 is 0 Å². The molecule has 4 nitrogen and oxygen atoms in total. The van der Waals surface area contributed by atoms with Gasteiger partial charge in [0.15, 0.2) is 0 Å². The largest absolute Gasteiger partial charge is 0.339 e. The number of carbonyl (C=O) groups excluding carboxylic acids is 2. The Hall–Kier alpha value is -1.84. The van der Waals surface area contributed by atoms with Crippen LogP contribution in [-0.2, 0) is 9.59 Å². The van der Waals surface area contributed by atoms with Gasteiger partial charge >= 0.3 is 0 Å². The lowest BCUT2D eigenvalue weighted by Crippen LogP contribution is -2.52. The van der Waals surface area contributed by atoms with Crippen LogP contribution in [0.15, 0.2) is 30.3 Å². The van der Waals surface area contributed by atoms with Crippen molar-refractivity contribution in [1.82, 2.24) is 9.80 Å². The summed E-state index contributed by atoms with van der Waals surface area (Å²) in [5, 5.41) is 0. The summed E-state index contributed by atoms with van der Waals surface area (Å²) in [4.78, 5) is 29.0. The van der Waals surface area contributed by atoms with Gasteiger partial charge in [-0.2, -0.15) is 0 Å². The predicted molar refractivity (Wildman–Crippen MR) is 89.9 cm³/mol. The lowest BCUT2D eigenvalue weighted by molar-refractivity contribution is -0.141. The Morgan fingerprint density at radius 3 is 2.04 bits per heavy atom. The van der Waals surface area contributed by atoms with E-state index in [1.807, 2.05) is 40.1 Å². The molecule has 0 bridgehead atoms. The maximum atomic E-state index is 13.0. The number of piperazine rings is 1. The number of hydrogen-bond acceptors (Lipinski definition) is 2. The molecule has 1 saturated carbocycles. The molecule has 1 aliphatic heterocycles. The Balaban J connectivity index is 1.64. The van der Waals surface area contributed by atoms with Gasteiger partial charge in [0.2, 0.25) is 11.8 Å². The van der Waals surface area contributed by atoms with Crippen LogP contribution < -0.4 is 0 Å². The summed E-state index contributed by atoms with van der Waals surface area (Å²) in [6.07, 6.45) is 2.09. The highest BCUT2D eigenvalue weighted by Gasteiger charge is 2.36. The van der Waals surface area contributed by atoms with E-state index in [1.165, 1.54) is 0 Å².